The smallest absolute Gasteiger partial charge is 0.253 e. The van der Waals surface area contributed by atoms with Gasteiger partial charge in [-0.15, -0.1) is 0 Å². The summed E-state index contributed by atoms with van der Waals surface area (Å²) in [5, 5.41) is 11.9. The summed E-state index contributed by atoms with van der Waals surface area (Å²) in [6.45, 7) is 2.28. The lowest BCUT2D eigenvalue weighted by molar-refractivity contribution is -0.0566. The number of carbonyl (C=O) groups is 1. The van der Waals surface area contributed by atoms with Gasteiger partial charge in [0.25, 0.3) is 5.91 Å². The molecular formula is C15H20FN3O3. The maximum absolute atomic E-state index is 13.1. The minimum absolute atomic E-state index is 0.0252. The standard InChI is InChI=1S/C15H20FN3O3/c16-11-3-10(5-17-6-11)15(21)18-12-4-13-9-22-14(1-2-20)8-19(13)7-12/h3,5-6,12-14,20H,1-2,4,7-9H2,(H,18,21)/t12-,13-,14-/m0/s1. The Balaban J connectivity index is 1.56. The van der Waals surface area contributed by atoms with Crippen LogP contribution in [0.1, 0.15) is 23.2 Å². The van der Waals surface area contributed by atoms with Crippen molar-refractivity contribution in [3.63, 3.8) is 0 Å². The first-order valence-electron chi connectivity index (χ1n) is 7.53. The quantitative estimate of drug-likeness (QED) is 0.830. The second-order valence-corrected chi connectivity index (χ2v) is 5.87. The predicted molar refractivity (Wildman–Crippen MR) is 76.9 cm³/mol. The Morgan fingerprint density at radius 1 is 1.50 bits per heavy atom. The van der Waals surface area contributed by atoms with Crippen molar-refractivity contribution in [2.24, 2.45) is 0 Å². The lowest BCUT2D eigenvalue weighted by atomic mass is 10.1. The molecule has 0 aromatic carbocycles. The third-order valence-electron chi connectivity index (χ3n) is 4.24. The molecule has 22 heavy (non-hydrogen) atoms. The number of ether oxygens (including phenoxy) is 1. The molecule has 0 saturated carbocycles. The van der Waals surface area contributed by atoms with Crippen molar-refractivity contribution >= 4 is 5.91 Å². The van der Waals surface area contributed by atoms with Crippen LogP contribution in [-0.4, -0.2) is 65.4 Å². The van der Waals surface area contributed by atoms with Crippen LogP contribution in [0.25, 0.3) is 0 Å². The largest absolute Gasteiger partial charge is 0.396 e. The van der Waals surface area contributed by atoms with Crippen LogP contribution in [0.15, 0.2) is 18.5 Å². The number of carbonyl (C=O) groups excluding carboxylic acids is 1. The SMILES string of the molecule is O=C(N[C@H]1C[C@H]2CO[C@@H](CCO)CN2C1)c1cncc(F)c1. The average molecular weight is 309 g/mol. The summed E-state index contributed by atoms with van der Waals surface area (Å²) in [5.41, 5.74) is 0.235. The van der Waals surface area contributed by atoms with Gasteiger partial charge in [-0.1, -0.05) is 0 Å². The molecule has 2 N–H and O–H groups in total. The molecule has 7 heteroatoms. The summed E-state index contributed by atoms with van der Waals surface area (Å²) in [6.07, 6.45) is 3.95. The summed E-state index contributed by atoms with van der Waals surface area (Å²) in [7, 11) is 0. The molecule has 0 aliphatic carbocycles. The van der Waals surface area contributed by atoms with Gasteiger partial charge in [-0.3, -0.25) is 14.7 Å². The lowest BCUT2D eigenvalue weighted by Crippen LogP contribution is -2.46. The van der Waals surface area contributed by atoms with E-state index < -0.39 is 5.82 Å². The fraction of sp³-hybridized carbons (Fsp3) is 0.600. The number of hydrogen-bond donors (Lipinski definition) is 2. The Labute approximate surface area is 128 Å². The normalized spacial score (nSPS) is 28.4. The number of aliphatic hydroxyl groups excluding tert-OH is 1. The van der Waals surface area contributed by atoms with Gasteiger partial charge in [0.05, 0.1) is 24.5 Å². The molecular weight excluding hydrogens is 289 g/mol. The van der Waals surface area contributed by atoms with Crippen molar-refractivity contribution < 1.29 is 19.0 Å². The number of fused-ring (bicyclic) bond motifs is 1. The maximum Gasteiger partial charge on any atom is 0.253 e. The Morgan fingerprint density at radius 3 is 3.14 bits per heavy atom. The monoisotopic (exact) mass is 309 g/mol. The van der Waals surface area contributed by atoms with E-state index in [4.69, 9.17) is 9.84 Å². The van der Waals surface area contributed by atoms with Crippen LogP contribution < -0.4 is 5.32 Å². The average Bonchev–Trinajstić information content (AvgIpc) is 2.89. The van der Waals surface area contributed by atoms with Crippen LogP contribution in [0.2, 0.25) is 0 Å². The highest BCUT2D eigenvalue weighted by Crippen LogP contribution is 2.24. The van der Waals surface area contributed by atoms with E-state index >= 15 is 0 Å². The molecule has 0 spiro atoms. The molecule has 2 saturated heterocycles. The van der Waals surface area contributed by atoms with Crippen LogP contribution >= 0.6 is 0 Å². The Bertz CT molecular complexity index is 543. The zero-order chi connectivity index (χ0) is 15.5. The van der Waals surface area contributed by atoms with Crippen molar-refractivity contribution in [2.45, 2.75) is 31.0 Å². The van der Waals surface area contributed by atoms with Crippen molar-refractivity contribution in [1.29, 1.82) is 0 Å². The number of aliphatic hydroxyl groups is 1. The van der Waals surface area contributed by atoms with Crippen molar-refractivity contribution in [1.82, 2.24) is 15.2 Å². The van der Waals surface area contributed by atoms with Crippen LogP contribution in [0.4, 0.5) is 4.39 Å². The number of morpholine rings is 1. The van der Waals surface area contributed by atoms with E-state index in [2.05, 4.69) is 15.2 Å². The van der Waals surface area contributed by atoms with Gasteiger partial charge < -0.3 is 15.2 Å². The van der Waals surface area contributed by atoms with Crippen molar-refractivity contribution in [3.8, 4) is 0 Å². The number of rotatable bonds is 4. The van der Waals surface area contributed by atoms with Crippen LogP contribution in [0.5, 0.6) is 0 Å². The van der Waals surface area contributed by atoms with E-state index in [-0.39, 0.29) is 30.2 Å². The van der Waals surface area contributed by atoms with E-state index in [9.17, 15) is 9.18 Å². The Kier molecular flexibility index (Phi) is 4.66. The van der Waals surface area contributed by atoms with Gasteiger partial charge >= 0.3 is 0 Å². The summed E-state index contributed by atoms with van der Waals surface area (Å²) in [4.78, 5) is 18.1. The summed E-state index contributed by atoms with van der Waals surface area (Å²) >= 11 is 0. The molecule has 3 atom stereocenters. The molecule has 3 rings (SSSR count). The van der Waals surface area contributed by atoms with Gasteiger partial charge in [0.1, 0.15) is 5.82 Å². The van der Waals surface area contributed by atoms with E-state index in [1.165, 1.54) is 12.3 Å². The van der Waals surface area contributed by atoms with Gasteiger partial charge in [-0.2, -0.15) is 0 Å². The zero-order valence-electron chi connectivity index (χ0n) is 12.2. The zero-order valence-corrected chi connectivity index (χ0v) is 12.2. The summed E-state index contributed by atoms with van der Waals surface area (Å²) in [6, 6.07) is 1.51. The van der Waals surface area contributed by atoms with Crippen molar-refractivity contribution in [2.75, 3.05) is 26.3 Å². The third-order valence-corrected chi connectivity index (χ3v) is 4.24. The second-order valence-electron chi connectivity index (χ2n) is 5.87. The number of nitrogens with one attached hydrogen (secondary N) is 1. The van der Waals surface area contributed by atoms with E-state index in [0.29, 0.717) is 19.1 Å². The molecule has 1 aromatic rings. The minimum atomic E-state index is -0.517. The summed E-state index contributed by atoms with van der Waals surface area (Å²) < 4.78 is 18.8. The number of nitrogens with zero attached hydrogens (tertiary/aromatic N) is 2. The van der Waals surface area contributed by atoms with Gasteiger partial charge in [-0.05, 0) is 18.9 Å². The first kappa shape index (κ1) is 15.3. The van der Waals surface area contributed by atoms with Gasteiger partial charge in [-0.25, -0.2) is 4.39 Å². The van der Waals surface area contributed by atoms with Gasteiger partial charge in [0, 0.05) is 38.0 Å². The number of aromatic nitrogens is 1. The Morgan fingerprint density at radius 2 is 2.36 bits per heavy atom. The molecule has 2 aliphatic heterocycles. The molecule has 0 unspecified atom stereocenters. The first-order chi connectivity index (χ1) is 10.7. The minimum Gasteiger partial charge on any atom is -0.396 e. The number of halogens is 1. The van der Waals surface area contributed by atoms with Gasteiger partial charge in [0.2, 0.25) is 0 Å². The summed E-state index contributed by atoms with van der Waals surface area (Å²) in [5.74, 6) is -0.818. The van der Waals surface area contributed by atoms with Gasteiger partial charge in [0.15, 0.2) is 0 Å². The topological polar surface area (TPSA) is 74.7 Å². The fourth-order valence-electron chi connectivity index (χ4n) is 3.17. The molecule has 3 heterocycles. The highest BCUT2D eigenvalue weighted by atomic mass is 19.1. The van der Waals surface area contributed by atoms with E-state index in [1.54, 1.807) is 0 Å². The maximum atomic E-state index is 13.1. The molecule has 0 bridgehead atoms. The van der Waals surface area contributed by atoms with Crippen LogP contribution in [0, 0.1) is 5.82 Å². The molecule has 1 aromatic heterocycles. The van der Waals surface area contributed by atoms with E-state index in [0.717, 1.165) is 25.7 Å². The van der Waals surface area contributed by atoms with E-state index in [1.807, 2.05) is 0 Å². The molecule has 1 amide bonds. The first-order valence-corrected chi connectivity index (χ1v) is 7.53. The van der Waals surface area contributed by atoms with Crippen LogP contribution in [-0.2, 0) is 4.74 Å². The predicted octanol–water partition coefficient (Wildman–Crippen LogP) is 0.175. The molecule has 120 valence electrons. The van der Waals surface area contributed by atoms with Crippen molar-refractivity contribution in [3.05, 3.63) is 29.8 Å². The fourth-order valence-corrected chi connectivity index (χ4v) is 3.17. The number of pyridine rings is 1. The lowest BCUT2D eigenvalue weighted by Gasteiger charge is -2.34. The molecule has 6 nitrogen and oxygen atoms in total. The Hall–Kier alpha value is -1.57. The highest BCUT2D eigenvalue weighted by Gasteiger charge is 2.37. The number of amides is 1. The second kappa shape index (κ2) is 6.68. The molecule has 2 fully saturated rings. The van der Waals surface area contributed by atoms with Crippen LogP contribution in [0.3, 0.4) is 0 Å². The molecule has 2 aliphatic rings. The molecule has 0 radical (unpaired) electrons. The third kappa shape index (κ3) is 3.43. The highest BCUT2D eigenvalue weighted by molar-refractivity contribution is 5.94. The number of hydrogen-bond acceptors (Lipinski definition) is 5.